The minimum Gasteiger partial charge on any atom is -0.497 e. The number of anilines is 1. The predicted molar refractivity (Wildman–Crippen MR) is 90.5 cm³/mol. The fourth-order valence-electron chi connectivity index (χ4n) is 2.52. The highest BCUT2D eigenvalue weighted by Gasteiger charge is 2.33. The van der Waals surface area contributed by atoms with E-state index in [1.807, 2.05) is 80.3 Å². The van der Waals surface area contributed by atoms with Crippen molar-refractivity contribution in [3.8, 4) is 5.75 Å². The summed E-state index contributed by atoms with van der Waals surface area (Å²) in [5.74, 6) is 0.883. The van der Waals surface area contributed by atoms with Gasteiger partial charge in [-0.25, -0.2) is 0 Å². The second-order valence-corrected chi connectivity index (χ2v) is 5.74. The van der Waals surface area contributed by atoms with E-state index in [0.29, 0.717) is 6.54 Å². The zero-order chi connectivity index (χ0) is 16.2. The molecule has 2 aromatic carbocycles. The molecule has 0 saturated heterocycles. The molecule has 3 heteroatoms. The zero-order valence-electron chi connectivity index (χ0n) is 13.7. The third-order valence-corrected chi connectivity index (χ3v) is 3.98. The summed E-state index contributed by atoms with van der Waals surface area (Å²) in [7, 11) is 1.64. The van der Waals surface area contributed by atoms with E-state index in [0.717, 1.165) is 17.0 Å². The number of methoxy groups -OCH3 is 1. The number of rotatable bonds is 5. The van der Waals surface area contributed by atoms with Gasteiger partial charge in [-0.15, -0.1) is 0 Å². The molecule has 0 aromatic heterocycles. The number of nitrogens with zero attached hydrogens (tertiary/aromatic N) is 1. The maximum atomic E-state index is 13.0. The Hall–Kier alpha value is -2.29. The third-order valence-electron chi connectivity index (χ3n) is 3.98. The molecule has 0 spiro atoms. The van der Waals surface area contributed by atoms with Crippen LogP contribution in [0.15, 0.2) is 54.6 Å². The Balaban J connectivity index is 2.31. The molecule has 2 aromatic rings. The topological polar surface area (TPSA) is 29.5 Å². The molecular formula is C19H23NO2. The van der Waals surface area contributed by atoms with Gasteiger partial charge in [0.1, 0.15) is 5.75 Å². The Morgan fingerprint density at radius 2 is 1.64 bits per heavy atom. The normalized spacial score (nSPS) is 11.1. The Kier molecular flexibility index (Phi) is 4.86. The maximum absolute atomic E-state index is 13.0. The summed E-state index contributed by atoms with van der Waals surface area (Å²) in [5, 5.41) is 0. The number of likely N-dealkylation sites (N-methyl/N-ethyl adjacent to an activating group) is 1. The van der Waals surface area contributed by atoms with Gasteiger partial charge >= 0.3 is 0 Å². The van der Waals surface area contributed by atoms with Gasteiger partial charge in [0.25, 0.3) is 0 Å². The van der Waals surface area contributed by atoms with Gasteiger partial charge in [0.15, 0.2) is 0 Å². The first kappa shape index (κ1) is 16.1. The maximum Gasteiger partial charge on any atom is 0.237 e. The molecule has 22 heavy (non-hydrogen) atoms. The first-order chi connectivity index (χ1) is 10.5. The van der Waals surface area contributed by atoms with Crippen LogP contribution >= 0.6 is 0 Å². The van der Waals surface area contributed by atoms with Crippen LogP contribution in [0.2, 0.25) is 0 Å². The van der Waals surface area contributed by atoms with Crippen LogP contribution in [0.3, 0.4) is 0 Å². The van der Waals surface area contributed by atoms with Crippen LogP contribution in [-0.4, -0.2) is 19.6 Å². The van der Waals surface area contributed by atoms with Crippen molar-refractivity contribution in [3.63, 3.8) is 0 Å². The van der Waals surface area contributed by atoms with Crippen LogP contribution in [0.1, 0.15) is 26.3 Å². The molecule has 0 bridgehead atoms. The van der Waals surface area contributed by atoms with E-state index < -0.39 is 5.41 Å². The van der Waals surface area contributed by atoms with Crippen molar-refractivity contribution in [1.82, 2.24) is 0 Å². The summed E-state index contributed by atoms with van der Waals surface area (Å²) < 4.78 is 5.18. The number of benzene rings is 2. The molecule has 0 fully saturated rings. The van der Waals surface area contributed by atoms with Crippen LogP contribution in [0, 0.1) is 0 Å². The number of carbonyl (C=O) groups is 1. The van der Waals surface area contributed by atoms with Gasteiger partial charge in [-0.1, -0.05) is 30.3 Å². The minimum atomic E-state index is -0.599. The van der Waals surface area contributed by atoms with Crippen molar-refractivity contribution in [1.29, 1.82) is 0 Å². The average molecular weight is 297 g/mol. The molecule has 0 atom stereocenters. The van der Waals surface area contributed by atoms with Crippen molar-refractivity contribution in [3.05, 3.63) is 60.2 Å². The highest BCUT2D eigenvalue weighted by Crippen LogP contribution is 2.29. The van der Waals surface area contributed by atoms with Gasteiger partial charge in [0.05, 0.1) is 12.5 Å². The molecule has 0 N–H and O–H groups in total. The summed E-state index contributed by atoms with van der Waals surface area (Å²) in [6.45, 7) is 6.56. The monoisotopic (exact) mass is 297 g/mol. The largest absolute Gasteiger partial charge is 0.497 e. The van der Waals surface area contributed by atoms with E-state index in [2.05, 4.69) is 0 Å². The highest BCUT2D eigenvalue weighted by atomic mass is 16.5. The van der Waals surface area contributed by atoms with Crippen molar-refractivity contribution in [2.45, 2.75) is 26.2 Å². The van der Waals surface area contributed by atoms with Gasteiger partial charge in [-0.2, -0.15) is 0 Å². The average Bonchev–Trinajstić information content (AvgIpc) is 2.56. The Labute approximate surface area is 132 Å². The summed E-state index contributed by atoms with van der Waals surface area (Å²) in [5.41, 5.74) is 1.31. The van der Waals surface area contributed by atoms with Gasteiger partial charge < -0.3 is 9.64 Å². The highest BCUT2D eigenvalue weighted by molar-refractivity contribution is 6.00. The fraction of sp³-hybridized carbons (Fsp3) is 0.316. The Morgan fingerprint density at radius 3 is 2.14 bits per heavy atom. The summed E-state index contributed by atoms with van der Waals surface area (Å²) in [6.07, 6.45) is 0. The molecule has 2 rings (SSSR count). The number of hydrogen-bond acceptors (Lipinski definition) is 2. The van der Waals surface area contributed by atoms with E-state index in [-0.39, 0.29) is 5.91 Å². The second-order valence-electron chi connectivity index (χ2n) is 5.74. The van der Waals surface area contributed by atoms with E-state index >= 15 is 0 Å². The van der Waals surface area contributed by atoms with Crippen molar-refractivity contribution < 1.29 is 9.53 Å². The van der Waals surface area contributed by atoms with Crippen LogP contribution in [-0.2, 0) is 10.2 Å². The summed E-state index contributed by atoms with van der Waals surface area (Å²) in [6, 6.07) is 17.5. The number of para-hydroxylation sites is 1. The third kappa shape index (κ3) is 3.14. The van der Waals surface area contributed by atoms with Gasteiger partial charge in [0, 0.05) is 12.2 Å². The van der Waals surface area contributed by atoms with Gasteiger partial charge in [0.2, 0.25) is 5.91 Å². The molecule has 0 unspecified atom stereocenters. The molecule has 0 aliphatic carbocycles. The van der Waals surface area contributed by atoms with E-state index in [4.69, 9.17) is 4.74 Å². The first-order valence-electron chi connectivity index (χ1n) is 7.52. The predicted octanol–water partition coefficient (Wildman–Crippen LogP) is 4.03. The quantitative estimate of drug-likeness (QED) is 0.834. The number of ether oxygens (including phenoxy) is 1. The van der Waals surface area contributed by atoms with Gasteiger partial charge in [-0.05, 0) is 50.6 Å². The molecule has 0 saturated carbocycles. The molecule has 0 radical (unpaired) electrons. The summed E-state index contributed by atoms with van der Waals surface area (Å²) >= 11 is 0. The van der Waals surface area contributed by atoms with Crippen LogP contribution in [0.4, 0.5) is 5.69 Å². The number of carbonyl (C=O) groups excluding carboxylic acids is 1. The zero-order valence-corrected chi connectivity index (χ0v) is 13.7. The smallest absolute Gasteiger partial charge is 0.237 e. The minimum absolute atomic E-state index is 0.0892. The molecule has 3 nitrogen and oxygen atoms in total. The van der Waals surface area contributed by atoms with E-state index in [1.165, 1.54) is 0 Å². The van der Waals surface area contributed by atoms with Crippen molar-refractivity contribution >= 4 is 11.6 Å². The molecule has 0 heterocycles. The standard InChI is InChI=1S/C19H23NO2/c1-5-20(16-9-7-6-8-10-16)18(21)19(2,3)15-11-13-17(22-4)14-12-15/h6-14H,5H2,1-4H3. The van der Waals surface area contributed by atoms with Crippen molar-refractivity contribution in [2.24, 2.45) is 0 Å². The molecule has 0 aliphatic rings. The first-order valence-corrected chi connectivity index (χ1v) is 7.52. The van der Waals surface area contributed by atoms with Crippen LogP contribution < -0.4 is 9.64 Å². The SMILES string of the molecule is CCN(C(=O)C(C)(C)c1ccc(OC)cc1)c1ccccc1. The van der Waals surface area contributed by atoms with Crippen LogP contribution in [0.25, 0.3) is 0 Å². The fourth-order valence-corrected chi connectivity index (χ4v) is 2.52. The van der Waals surface area contributed by atoms with Gasteiger partial charge in [-0.3, -0.25) is 4.79 Å². The number of amides is 1. The lowest BCUT2D eigenvalue weighted by molar-refractivity contribution is -0.123. The summed E-state index contributed by atoms with van der Waals surface area (Å²) in [4.78, 5) is 14.9. The molecular weight excluding hydrogens is 274 g/mol. The van der Waals surface area contributed by atoms with Crippen LogP contribution in [0.5, 0.6) is 5.75 Å². The lowest BCUT2D eigenvalue weighted by atomic mass is 9.83. The lowest BCUT2D eigenvalue weighted by Gasteiger charge is -2.32. The second kappa shape index (κ2) is 6.65. The molecule has 0 aliphatic heterocycles. The van der Waals surface area contributed by atoms with E-state index in [1.54, 1.807) is 7.11 Å². The van der Waals surface area contributed by atoms with E-state index in [9.17, 15) is 4.79 Å². The Morgan fingerprint density at radius 1 is 1.05 bits per heavy atom. The Bertz CT molecular complexity index is 618. The van der Waals surface area contributed by atoms with Crippen molar-refractivity contribution in [2.75, 3.05) is 18.6 Å². The molecule has 1 amide bonds. The lowest BCUT2D eigenvalue weighted by Crippen LogP contribution is -2.43. The number of hydrogen-bond donors (Lipinski definition) is 0. The molecule has 116 valence electrons.